The van der Waals surface area contributed by atoms with Crippen molar-refractivity contribution in [2.24, 2.45) is 9.98 Å². The molecule has 82 heavy (non-hydrogen) atoms. The third-order valence-corrected chi connectivity index (χ3v) is 18.3. The van der Waals surface area contributed by atoms with Crippen molar-refractivity contribution < 1.29 is 4.79 Å². The highest BCUT2D eigenvalue weighted by Crippen LogP contribution is 2.49. The molecule has 412 valence electrons. The number of Topliss-reactive ketones (excluding diaryl/α,β-unsaturated/α-hetero) is 1. The molecule has 0 spiro atoms. The Morgan fingerprint density at radius 1 is 0.451 bits per heavy atom. The summed E-state index contributed by atoms with van der Waals surface area (Å²) in [5, 5.41) is 7.04. The first-order chi connectivity index (χ1) is 38.4. The normalized spacial score (nSPS) is 17.2. The molecule has 0 saturated carbocycles. The number of nitrogens with one attached hydrogen (secondary N) is 2. The first kappa shape index (κ1) is 53.4. The van der Waals surface area contributed by atoms with Crippen LogP contribution in [0.1, 0.15) is 183 Å². The van der Waals surface area contributed by atoms with E-state index in [-0.39, 0.29) is 32.9 Å². The summed E-state index contributed by atoms with van der Waals surface area (Å²) in [6, 6.07) is 31.1. The highest BCUT2D eigenvalue weighted by atomic mass is 16.1. The fourth-order valence-corrected chi connectivity index (χ4v) is 14.1. The summed E-state index contributed by atoms with van der Waals surface area (Å²) in [4.78, 5) is 52.5. The summed E-state index contributed by atoms with van der Waals surface area (Å²) in [6.07, 6.45) is 8.59. The van der Waals surface area contributed by atoms with Crippen LogP contribution < -0.4 is 10.8 Å². The second-order valence-corrected chi connectivity index (χ2v) is 28.7. The van der Waals surface area contributed by atoms with E-state index >= 15 is 9.59 Å². The fraction of sp³-hybridized carbons (Fsp3) is 0.316. The molecule has 2 aromatic heterocycles. The number of hydrogen-bond acceptors (Lipinski definition) is 4. The Kier molecular flexibility index (Phi) is 11.6. The van der Waals surface area contributed by atoms with Crippen LogP contribution in [0.15, 0.2) is 130 Å². The van der Waals surface area contributed by atoms with Crippen molar-refractivity contribution in [3.05, 3.63) is 220 Å². The topological polar surface area (TPSA) is 90.4 Å². The van der Waals surface area contributed by atoms with Gasteiger partial charge in [0.1, 0.15) is 0 Å². The number of carbonyl (C=O) groups excluding carboxylic acids is 1. The zero-order valence-electron chi connectivity index (χ0n) is 51.3. The molecule has 5 heterocycles. The minimum absolute atomic E-state index is 0.0320. The summed E-state index contributed by atoms with van der Waals surface area (Å²) in [7, 11) is 0. The number of aromatic nitrogens is 2. The minimum Gasteiger partial charge on any atom is -0.357 e. The van der Waals surface area contributed by atoms with Crippen molar-refractivity contribution in [1.29, 1.82) is 0 Å². The van der Waals surface area contributed by atoms with Crippen molar-refractivity contribution in [3.8, 4) is 11.1 Å². The quantitative estimate of drug-likeness (QED) is 0.181. The van der Waals surface area contributed by atoms with Gasteiger partial charge in [-0.15, -0.1) is 0 Å². The van der Waals surface area contributed by atoms with E-state index < -0.39 is 12.0 Å². The summed E-state index contributed by atoms with van der Waals surface area (Å²) in [5.74, 6) is -0.696. The number of hydrogen-bond donors (Lipinski definition) is 2. The molecule has 0 saturated heterocycles. The van der Waals surface area contributed by atoms with Gasteiger partial charge in [0, 0.05) is 66.1 Å². The number of aryl methyl sites for hydroxylation is 6. The number of ketones is 1. The molecular formula is C76H76N4O2. The van der Waals surface area contributed by atoms with E-state index in [0.29, 0.717) is 10.8 Å². The summed E-state index contributed by atoms with van der Waals surface area (Å²) >= 11 is 0. The Bertz CT molecular complexity index is 4640. The van der Waals surface area contributed by atoms with Gasteiger partial charge in [-0.3, -0.25) is 14.6 Å². The van der Waals surface area contributed by atoms with Gasteiger partial charge in [0.2, 0.25) is 0 Å². The van der Waals surface area contributed by atoms with E-state index in [9.17, 15) is 0 Å². The number of aliphatic imine (C=N–C) groups is 2. The Balaban J connectivity index is 1.29. The molecule has 6 nitrogen and oxygen atoms in total. The van der Waals surface area contributed by atoms with Crippen LogP contribution in [0.5, 0.6) is 0 Å². The monoisotopic (exact) mass is 1080 g/mol. The SMILES string of the molecule is Cc1cc(C)c(C2=C3C=CC(=N3)c3c4cc(C(C)(C)C)cc5cc(C(C)(C)C)cc(c(=O)c6cc([nH]c36)=C(c3c(C)cc(C)cc3C)c3cc6c([nH]3)C(C(=O)c3cc(C(C)(C)C)cc7cc(C(C)(C)C)cc-6c37)C3C=CC2=N3)c54)c(C)c1. The molecule has 0 amide bonds. The van der Waals surface area contributed by atoms with Gasteiger partial charge < -0.3 is 9.97 Å². The molecule has 2 N–H and O–H groups in total. The number of aromatic amines is 2. The third-order valence-electron chi connectivity index (χ3n) is 18.3. The maximum Gasteiger partial charge on any atom is 0.195 e. The molecule has 2 unspecified atom stereocenters. The molecule has 0 radical (unpaired) electrons. The van der Waals surface area contributed by atoms with Gasteiger partial charge in [0.25, 0.3) is 0 Å². The maximum atomic E-state index is 16.5. The molecule has 9 aromatic rings. The van der Waals surface area contributed by atoms with Crippen molar-refractivity contribution in [1.82, 2.24) is 9.97 Å². The van der Waals surface area contributed by atoms with Crippen LogP contribution in [0.2, 0.25) is 0 Å². The van der Waals surface area contributed by atoms with Crippen LogP contribution in [0.25, 0.3) is 65.5 Å². The lowest BCUT2D eigenvalue weighted by atomic mass is 9.79. The van der Waals surface area contributed by atoms with Crippen LogP contribution in [-0.2, 0) is 21.7 Å². The fourth-order valence-electron chi connectivity index (χ4n) is 14.1. The standard InChI is InChI=1S/C76H76N4O2/c1-37-23-39(3)61(40(4)24-37)66-56-20-19-55(77-56)65-51-32-46(74(10,11)12)29-44-30-47(75(13,14)15)33-52(64(44)51)71(81)54-36-60(80-70(54)65)67(62-41(5)25-38(2)26-42(62)6)59-35-50-49-31-45(73(7,8)9)27-43-28-48(76(16,17)18)34-53(63(43)49)72(82)68(69(50)79-59)58-22-21-57(66)78-58/h19-36,58,68,79-80H,1-18H3. The average Bonchev–Trinajstić information content (AvgIpc) is 2.14. The van der Waals surface area contributed by atoms with Gasteiger partial charge in [-0.05, 0) is 195 Å². The lowest BCUT2D eigenvalue weighted by molar-refractivity contribution is 0.0955. The van der Waals surface area contributed by atoms with Crippen LogP contribution in [0.3, 0.4) is 0 Å². The van der Waals surface area contributed by atoms with Gasteiger partial charge in [0.05, 0.1) is 34.6 Å². The summed E-state index contributed by atoms with van der Waals surface area (Å²) in [5.41, 5.74) is 22.8. The highest BCUT2D eigenvalue weighted by molar-refractivity contribution is 6.34. The summed E-state index contributed by atoms with van der Waals surface area (Å²) < 4.78 is 0. The second-order valence-electron chi connectivity index (χ2n) is 28.7. The molecule has 8 bridgehead atoms. The molecule has 7 aromatic carbocycles. The van der Waals surface area contributed by atoms with E-state index in [1.54, 1.807) is 0 Å². The molecule has 2 atom stereocenters. The number of H-pyrrole nitrogens is 2. The number of allylic oxidation sites excluding steroid dienone is 4. The van der Waals surface area contributed by atoms with Crippen molar-refractivity contribution in [3.63, 3.8) is 0 Å². The van der Waals surface area contributed by atoms with E-state index in [1.807, 2.05) is 0 Å². The highest BCUT2D eigenvalue weighted by Gasteiger charge is 2.41. The number of rotatable bonds is 2. The first-order valence-corrected chi connectivity index (χ1v) is 29.4. The molecule has 1 aliphatic carbocycles. The van der Waals surface area contributed by atoms with Gasteiger partial charge in [-0.25, -0.2) is 4.99 Å². The first-order valence-electron chi connectivity index (χ1n) is 29.4. The third kappa shape index (κ3) is 8.24. The predicted octanol–water partition coefficient (Wildman–Crippen LogP) is 17.4. The van der Waals surface area contributed by atoms with Crippen molar-refractivity contribution in [2.75, 3.05) is 0 Å². The Hall–Kier alpha value is -7.96. The van der Waals surface area contributed by atoms with Crippen molar-refractivity contribution >= 4 is 71.6 Å². The molecule has 0 fully saturated rings. The summed E-state index contributed by atoms with van der Waals surface area (Å²) in [6.45, 7) is 40.0. The second kappa shape index (κ2) is 17.8. The van der Waals surface area contributed by atoms with Gasteiger partial charge >= 0.3 is 0 Å². The minimum atomic E-state index is -0.728. The lowest BCUT2D eigenvalue weighted by Gasteiger charge is -2.25. The maximum absolute atomic E-state index is 16.5. The predicted molar refractivity (Wildman–Crippen MR) is 346 cm³/mol. The van der Waals surface area contributed by atoms with E-state index in [4.69, 9.17) is 9.98 Å². The Morgan fingerprint density at radius 3 is 1.52 bits per heavy atom. The van der Waals surface area contributed by atoms with E-state index in [1.165, 1.54) is 22.3 Å². The number of nitrogens with zero attached hydrogens (tertiary/aromatic N) is 2. The Morgan fingerprint density at radius 2 is 0.963 bits per heavy atom. The van der Waals surface area contributed by atoms with Gasteiger partial charge in [-0.1, -0.05) is 149 Å². The number of benzene rings is 6. The number of carbonyl (C=O) groups is 1. The smallest absolute Gasteiger partial charge is 0.195 e. The van der Waals surface area contributed by atoms with Crippen molar-refractivity contribution in [2.45, 2.75) is 158 Å². The van der Waals surface area contributed by atoms with Gasteiger partial charge in [-0.2, -0.15) is 0 Å². The molecule has 3 aliphatic heterocycles. The Labute approximate surface area is 483 Å². The van der Waals surface area contributed by atoms with Gasteiger partial charge in [0.15, 0.2) is 11.2 Å². The number of fused-ring (bicyclic) bond motifs is 8. The zero-order valence-corrected chi connectivity index (χ0v) is 51.3. The molecule has 4 aliphatic rings. The lowest BCUT2D eigenvalue weighted by Crippen LogP contribution is -2.24. The van der Waals surface area contributed by atoms with E-state index in [0.717, 1.165) is 144 Å². The van der Waals surface area contributed by atoms with Crippen LogP contribution in [0, 0.1) is 41.5 Å². The average molecular weight is 1080 g/mol. The van der Waals surface area contributed by atoms with Crippen LogP contribution >= 0.6 is 0 Å². The molecule has 13 rings (SSSR count). The largest absolute Gasteiger partial charge is 0.357 e. The van der Waals surface area contributed by atoms with Crippen LogP contribution in [0.4, 0.5) is 0 Å². The zero-order chi connectivity index (χ0) is 58.3. The van der Waals surface area contributed by atoms with Crippen LogP contribution in [-0.4, -0.2) is 33.2 Å². The molecule has 6 heteroatoms. The molecular weight excluding hydrogens is 1000 g/mol. The van der Waals surface area contributed by atoms with E-state index in [2.05, 4.69) is 244 Å².